The predicted octanol–water partition coefficient (Wildman–Crippen LogP) is 1.84. The zero-order chi connectivity index (χ0) is 32.7. The van der Waals surface area contributed by atoms with Crippen LogP contribution in [0.3, 0.4) is 0 Å². The molecular formula is C31H42N4O9. The number of fused-ring (bicyclic) bond motifs is 3. The summed E-state index contributed by atoms with van der Waals surface area (Å²) in [7, 11) is 6.64. The number of anilines is 1. The molecule has 13 heteroatoms. The molecule has 3 aliphatic carbocycles. The van der Waals surface area contributed by atoms with Crippen LogP contribution < -0.4 is 16.0 Å². The molecule has 0 unspecified atom stereocenters. The molecule has 3 aliphatic rings. The summed E-state index contributed by atoms with van der Waals surface area (Å²) in [4.78, 5) is 55.0. The molecule has 0 spiro atoms. The Morgan fingerprint density at radius 1 is 1.11 bits per heavy atom. The number of ether oxygens (including phenoxy) is 1. The van der Waals surface area contributed by atoms with Crippen LogP contribution in [0.1, 0.15) is 55.7 Å². The van der Waals surface area contributed by atoms with Gasteiger partial charge in [0.25, 0.3) is 5.91 Å². The van der Waals surface area contributed by atoms with Crippen LogP contribution in [0, 0.1) is 11.8 Å². The molecule has 0 aromatic heterocycles. The number of carbonyl (C=O) groups is 4. The number of rotatable bonds is 10. The van der Waals surface area contributed by atoms with Gasteiger partial charge in [-0.2, -0.15) is 0 Å². The molecule has 7 N–H and O–H groups in total. The fourth-order valence-electron chi connectivity index (χ4n) is 6.79. The Kier molecular flexibility index (Phi) is 9.31. The number of nitrogens with zero attached hydrogens (tertiary/aromatic N) is 2. The van der Waals surface area contributed by atoms with Crippen LogP contribution in [0.4, 0.5) is 10.5 Å². The molecule has 1 aromatic carbocycles. The predicted molar refractivity (Wildman–Crippen MR) is 161 cm³/mol. The van der Waals surface area contributed by atoms with Crippen molar-refractivity contribution in [1.82, 2.24) is 10.2 Å². The Balaban J connectivity index is 1.76. The molecule has 4 rings (SSSR count). The summed E-state index contributed by atoms with van der Waals surface area (Å²) in [5.74, 6) is -7.14. The summed E-state index contributed by atoms with van der Waals surface area (Å²) in [6, 6.07) is 0.518. The average Bonchev–Trinajstić information content (AvgIpc) is 2.93. The van der Waals surface area contributed by atoms with Gasteiger partial charge in [-0.15, -0.1) is 0 Å². The van der Waals surface area contributed by atoms with Crippen LogP contribution in [-0.2, 0) is 32.1 Å². The van der Waals surface area contributed by atoms with Crippen molar-refractivity contribution in [3.63, 3.8) is 0 Å². The first kappa shape index (κ1) is 32.8. The van der Waals surface area contributed by atoms with Gasteiger partial charge < -0.3 is 41.1 Å². The third-order valence-electron chi connectivity index (χ3n) is 8.91. The number of Topliss-reactive ketones (excluding diaryl/α,β-unsaturated/α-hetero) is 2. The molecule has 0 bridgehead atoms. The number of hydrogen-bond donors (Lipinski definition) is 6. The van der Waals surface area contributed by atoms with Crippen molar-refractivity contribution in [3.8, 4) is 5.75 Å². The summed E-state index contributed by atoms with van der Waals surface area (Å²) in [5.41, 5.74) is 2.90. The highest BCUT2D eigenvalue weighted by Crippen LogP contribution is 2.54. The highest BCUT2D eigenvalue weighted by atomic mass is 16.5. The van der Waals surface area contributed by atoms with E-state index < -0.39 is 64.1 Å². The maximum absolute atomic E-state index is 14.1. The molecule has 4 atom stereocenters. The number of amides is 2. The maximum Gasteiger partial charge on any atom is 0.407 e. The second-order valence-corrected chi connectivity index (χ2v) is 12.2. The lowest BCUT2D eigenvalue weighted by atomic mass is 9.57. The van der Waals surface area contributed by atoms with Gasteiger partial charge in [-0.3, -0.25) is 19.3 Å². The summed E-state index contributed by atoms with van der Waals surface area (Å²) >= 11 is 0. The number of phenols is 1. The zero-order valence-corrected chi connectivity index (χ0v) is 25.8. The van der Waals surface area contributed by atoms with Gasteiger partial charge in [-0.1, -0.05) is 26.2 Å². The Morgan fingerprint density at radius 2 is 1.80 bits per heavy atom. The number of benzene rings is 1. The van der Waals surface area contributed by atoms with Gasteiger partial charge in [-0.05, 0) is 50.9 Å². The van der Waals surface area contributed by atoms with E-state index in [1.54, 1.807) is 39.2 Å². The van der Waals surface area contributed by atoms with Crippen molar-refractivity contribution in [2.24, 2.45) is 17.6 Å². The Morgan fingerprint density at radius 3 is 2.39 bits per heavy atom. The minimum atomic E-state index is -2.72. The van der Waals surface area contributed by atoms with Crippen molar-refractivity contribution < 1.29 is 44.3 Å². The third-order valence-corrected chi connectivity index (χ3v) is 8.91. The van der Waals surface area contributed by atoms with Crippen LogP contribution in [0.25, 0.3) is 5.76 Å². The van der Waals surface area contributed by atoms with Crippen LogP contribution in [-0.4, -0.2) is 95.3 Å². The molecule has 2 amide bonds. The van der Waals surface area contributed by atoms with Crippen LogP contribution in [0.5, 0.6) is 5.75 Å². The van der Waals surface area contributed by atoms with Gasteiger partial charge >= 0.3 is 6.09 Å². The van der Waals surface area contributed by atoms with Gasteiger partial charge in [-0.25, -0.2) is 4.79 Å². The van der Waals surface area contributed by atoms with Gasteiger partial charge in [0, 0.05) is 43.4 Å². The first-order valence-electron chi connectivity index (χ1n) is 14.8. The maximum atomic E-state index is 14.1. The van der Waals surface area contributed by atoms with Crippen molar-refractivity contribution in [3.05, 3.63) is 39.7 Å². The van der Waals surface area contributed by atoms with Crippen LogP contribution >= 0.6 is 0 Å². The largest absolute Gasteiger partial charge is 0.508 e. The number of nitrogens with one attached hydrogen (secondary N) is 1. The van der Waals surface area contributed by atoms with Gasteiger partial charge in [0.15, 0.2) is 11.4 Å². The monoisotopic (exact) mass is 614 g/mol. The zero-order valence-electron chi connectivity index (χ0n) is 25.8. The number of carbonyl (C=O) groups excluding carboxylic acids is 4. The number of aliphatic hydroxyl groups excluding tert-OH is 2. The highest BCUT2D eigenvalue weighted by molar-refractivity contribution is 6.24. The normalized spacial score (nSPS) is 24.6. The molecule has 13 nitrogen and oxygen atoms in total. The van der Waals surface area contributed by atoms with Crippen LogP contribution in [0.2, 0.25) is 0 Å². The van der Waals surface area contributed by atoms with E-state index in [1.807, 2.05) is 0 Å². The number of aliphatic hydroxyl groups is 3. The lowest BCUT2D eigenvalue weighted by Gasteiger charge is -2.50. The summed E-state index contributed by atoms with van der Waals surface area (Å²) in [6.07, 6.45) is 3.24. The van der Waals surface area contributed by atoms with E-state index in [0.29, 0.717) is 11.3 Å². The number of alkyl carbamates (subject to hydrolysis) is 1. The first-order chi connectivity index (χ1) is 20.7. The van der Waals surface area contributed by atoms with Crippen molar-refractivity contribution in [1.29, 1.82) is 0 Å². The Labute approximate surface area is 256 Å². The quantitative estimate of drug-likeness (QED) is 0.166. The van der Waals surface area contributed by atoms with E-state index >= 15 is 0 Å². The minimum absolute atomic E-state index is 0.00715. The topological polar surface area (TPSA) is 203 Å². The number of hydrogen-bond acceptors (Lipinski definition) is 11. The molecule has 1 saturated carbocycles. The number of nitrogens with two attached hydrogens (primary N) is 1. The number of likely N-dealkylation sites (N-methyl/N-ethyl adjacent to an activating group) is 1. The summed E-state index contributed by atoms with van der Waals surface area (Å²) in [5, 5.41) is 48.3. The summed E-state index contributed by atoms with van der Waals surface area (Å²) < 4.78 is 5.21. The van der Waals surface area contributed by atoms with Gasteiger partial charge in [0.05, 0.1) is 18.2 Å². The number of primary amides is 1. The molecule has 1 aromatic rings. The van der Waals surface area contributed by atoms with Crippen molar-refractivity contribution >= 4 is 35.0 Å². The fraction of sp³-hybridized carbons (Fsp3) is 0.548. The number of ketones is 2. The highest BCUT2D eigenvalue weighted by Gasteiger charge is 2.64. The van der Waals surface area contributed by atoms with Crippen molar-refractivity contribution in [2.75, 3.05) is 39.7 Å². The number of phenolic OH excluding ortho intramolecular Hbond substituents is 1. The van der Waals surface area contributed by atoms with E-state index in [-0.39, 0.29) is 48.4 Å². The lowest BCUT2D eigenvalue weighted by molar-refractivity contribution is -0.153. The smallest absolute Gasteiger partial charge is 0.407 e. The SMILES string of the molecule is CCCCCCOC(=O)NCc1cc(N(C)C)c2c(c1O)C(O)=C1C(=O)[C@]3(O)C(O)=C(C(N)=O)C(=O)[C@H](N(C)C)[C@@H]3C[C@@H]1C2. The minimum Gasteiger partial charge on any atom is -0.508 e. The molecule has 0 saturated heterocycles. The second kappa shape index (κ2) is 12.5. The fourth-order valence-corrected chi connectivity index (χ4v) is 6.79. The number of unbranched alkanes of at least 4 members (excludes halogenated alkanes) is 3. The molecular weight excluding hydrogens is 572 g/mol. The van der Waals surface area contributed by atoms with Crippen LogP contribution in [0.15, 0.2) is 23.0 Å². The van der Waals surface area contributed by atoms with Gasteiger partial charge in [0.1, 0.15) is 22.8 Å². The van der Waals surface area contributed by atoms with E-state index in [9.17, 15) is 39.6 Å². The lowest BCUT2D eigenvalue weighted by Crippen LogP contribution is -2.65. The van der Waals surface area contributed by atoms with Crippen molar-refractivity contribution in [2.45, 2.75) is 63.6 Å². The molecule has 0 aliphatic heterocycles. The van der Waals surface area contributed by atoms with E-state index in [2.05, 4.69) is 12.2 Å². The van der Waals surface area contributed by atoms with E-state index in [1.165, 1.54) is 4.90 Å². The first-order valence-corrected chi connectivity index (χ1v) is 14.8. The third kappa shape index (κ3) is 5.38. The Hall–Kier alpha value is -4.10. The molecule has 1 fully saturated rings. The number of aromatic hydroxyl groups is 1. The molecule has 0 radical (unpaired) electrons. The Bertz CT molecular complexity index is 1450. The summed E-state index contributed by atoms with van der Waals surface area (Å²) in [6.45, 7) is 2.19. The standard InChI is InChI=1S/C31H42N4O9/c1-6-7-8-9-10-44-30(42)33-14-16-13-19(34(2)3)17-11-15-12-18-23(35(4)5)26(38)22(29(32)41)28(40)31(18,43)27(39)20(15)25(37)21(17)24(16)36/h13,15,18,23,36-37,40,43H,6-12,14H2,1-5H3,(H2,32,41)(H,33,42)/t15-,18-,23+,31-/m0/s1. The van der Waals surface area contributed by atoms with E-state index in [4.69, 9.17) is 10.5 Å². The molecule has 240 valence electrons. The van der Waals surface area contributed by atoms with Gasteiger partial charge in [0.2, 0.25) is 5.78 Å². The second-order valence-electron chi connectivity index (χ2n) is 12.2. The van der Waals surface area contributed by atoms with E-state index in [0.717, 1.165) is 25.7 Å². The molecule has 0 heterocycles. The molecule has 44 heavy (non-hydrogen) atoms. The average molecular weight is 615 g/mol.